The number of hydrogen-bond acceptors (Lipinski definition) is 0. The molecule has 0 aromatic rings. The first kappa shape index (κ1) is 18.7. The minimum Gasteiger partial charge on any atom is -0.0683 e. The fourth-order valence-corrected chi connectivity index (χ4v) is 1.24. The standard InChI is InChI=1S/C7H14.3C2H6/c1-2-4-6-7-5-3-1;3*1-2/h1-7H2;3*1-2H3. The molecule has 0 radical (unpaired) electrons. The maximum Gasteiger partial charge on any atom is -0.0533 e. The van der Waals surface area contributed by atoms with Crippen LogP contribution >= 0.6 is 0 Å². The predicted molar refractivity (Wildman–Crippen MR) is 66.4 cm³/mol. The van der Waals surface area contributed by atoms with Gasteiger partial charge < -0.3 is 0 Å². The third kappa shape index (κ3) is 24.5. The SMILES string of the molecule is C1CCCCCC1.CC.CC.CC. The number of hydrogen-bond donors (Lipinski definition) is 0. The summed E-state index contributed by atoms with van der Waals surface area (Å²) in [5.41, 5.74) is 0. The molecule has 0 amide bonds. The van der Waals surface area contributed by atoms with Crippen LogP contribution in [0.2, 0.25) is 0 Å². The predicted octanol–water partition coefficient (Wildman–Crippen LogP) is 5.81. The molecule has 0 bridgehead atoms. The van der Waals surface area contributed by atoms with Crippen molar-refractivity contribution in [2.45, 2.75) is 86.5 Å². The van der Waals surface area contributed by atoms with Gasteiger partial charge in [-0.15, -0.1) is 0 Å². The van der Waals surface area contributed by atoms with Crippen molar-refractivity contribution in [2.75, 3.05) is 0 Å². The van der Waals surface area contributed by atoms with Crippen molar-refractivity contribution in [3.63, 3.8) is 0 Å². The zero-order valence-corrected chi connectivity index (χ0v) is 10.9. The largest absolute Gasteiger partial charge is 0.0683 e. The zero-order valence-electron chi connectivity index (χ0n) is 10.9. The van der Waals surface area contributed by atoms with Gasteiger partial charge in [0.2, 0.25) is 0 Å². The van der Waals surface area contributed by atoms with Crippen LogP contribution in [0.5, 0.6) is 0 Å². The normalized spacial score (nSPS) is 14.3. The van der Waals surface area contributed by atoms with Crippen molar-refractivity contribution < 1.29 is 0 Å². The van der Waals surface area contributed by atoms with E-state index in [4.69, 9.17) is 0 Å². The Morgan fingerprint density at radius 1 is 0.308 bits per heavy atom. The van der Waals surface area contributed by atoms with Gasteiger partial charge in [0.1, 0.15) is 0 Å². The van der Waals surface area contributed by atoms with Crippen LogP contribution in [0.4, 0.5) is 0 Å². The lowest BCUT2D eigenvalue weighted by molar-refractivity contribution is 0.702. The van der Waals surface area contributed by atoms with Gasteiger partial charge in [-0.2, -0.15) is 0 Å². The minimum atomic E-state index is 1.50. The van der Waals surface area contributed by atoms with Gasteiger partial charge in [-0.25, -0.2) is 0 Å². The molecule has 0 aromatic carbocycles. The Morgan fingerprint density at radius 2 is 0.385 bits per heavy atom. The highest BCUT2D eigenvalue weighted by molar-refractivity contribution is 4.51. The maximum atomic E-state index is 2.00. The Hall–Kier alpha value is 0. The maximum absolute atomic E-state index is 2.00. The van der Waals surface area contributed by atoms with Crippen LogP contribution in [-0.2, 0) is 0 Å². The molecule has 1 saturated carbocycles. The Balaban J connectivity index is -0.000000144. The van der Waals surface area contributed by atoms with E-state index >= 15 is 0 Å². The van der Waals surface area contributed by atoms with Gasteiger partial charge in [0.15, 0.2) is 0 Å². The van der Waals surface area contributed by atoms with Crippen LogP contribution < -0.4 is 0 Å². The average Bonchev–Trinajstić information content (AvgIpc) is 2.58. The highest BCUT2D eigenvalue weighted by Gasteiger charge is 1.95. The van der Waals surface area contributed by atoms with Gasteiger partial charge in [0.05, 0.1) is 0 Å². The Kier molecular flexibility index (Phi) is 42.7. The van der Waals surface area contributed by atoms with E-state index < -0.39 is 0 Å². The molecule has 1 aliphatic carbocycles. The molecule has 0 nitrogen and oxygen atoms in total. The van der Waals surface area contributed by atoms with Crippen LogP contribution in [-0.4, -0.2) is 0 Å². The van der Waals surface area contributed by atoms with E-state index in [9.17, 15) is 0 Å². The van der Waals surface area contributed by atoms with Crippen molar-refractivity contribution in [3.8, 4) is 0 Å². The molecule has 13 heavy (non-hydrogen) atoms. The van der Waals surface area contributed by atoms with E-state index in [1.807, 2.05) is 41.5 Å². The highest BCUT2D eigenvalue weighted by atomic mass is 14.0. The van der Waals surface area contributed by atoms with E-state index in [0.717, 1.165) is 0 Å². The summed E-state index contributed by atoms with van der Waals surface area (Å²) in [5.74, 6) is 0. The Labute approximate surface area is 87.1 Å². The third-order valence-electron chi connectivity index (χ3n) is 1.75. The summed E-state index contributed by atoms with van der Waals surface area (Å²) in [6.45, 7) is 12.0. The summed E-state index contributed by atoms with van der Waals surface area (Å²) < 4.78 is 0. The van der Waals surface area contributed by atoms with E-state index in [1.165, 1.54) is 44.9 Å². The monoisotopic (exact) mass is 188 g/mol. The van der Waals surface area contributed by atoms with E-state index in [-0.39, 0.29) is 0 Å². The third-order valence-corrected chi connectivity index (χ3v) is 1.75. The van der Waals surface area contributed by atoms with E-state index in [2.05, 4.69) is 0 Å². The summed E-state index contributed by atoms with van der Waals surface area (Å²) in [6.07, 6.45) is 10.5. The van der Waals surface area contributed by atoms with Crippen LogP contribution in [0.25, 0.3) is 0 Å². The lowest BCUT2D eigenvalue weighted by atomic mass is 10.2. The van der Waals surface area contributed by atoms with Crippen molar-refractivity contribution in [1.29, 1.82) is 0 Å². The van der Waals surface area contributed by atoms with Gasteiger partial charge in [0, 0.05) is 0 Å². The van der Waals surface area contributed by atoms with Gasteiger partial charge >= 0.3 is 0 Å². The lowest BCUT2D eigenvalue weighted by Crippen LogP contribution is -1.66. The molecule has 84 valence electrons. The minimum absolute atomic E-state index is 1.50. The van der Waals surface area contributed by atoms with Gasteiger partial charge in [-0.05, 0) is 0 Å². The second kappa shape index (κ2) is 29.6. The van der Waals surface area contributed by atoms with Gasteiger partial charge in [-0.3, -0.25) is 0 Å². The molecule has 0 aliphatic heterocycles. The second-order valence-corrected chi connectivity index (χ2v) is 2.47. The van der Waals surface area contributed by atoms with Gasteiger partial charge in [0.25, 0.3) is 0 Å². The van der Waals surface area contributed by atoms with E-state index in [1.54, 1.807) is 0 Å². The van der Waals surface area contributed by atoms with Crippen LogP contribution in [0.3, 0.4) is 0 Å². The molecule has 0 unspecified atom stereocenters. The molecular formula is C13H32. The van der Waals surface area contributed by atoms with Crippen molar-refractivity contribution in [2.24, 2.45) is 0 Å². The van der Waals surface area contributed by atoms with Crippen LogP contribution in [0, 0.1) is 0 Å². The number of rotatable bonds is 0. The second-order valence-electron chi connectivity index (χ2n) is 2.47. The fourth-order valence-electron chi connectivity index (χ4n) is 1.24. The first-order valence-electron chi connectivity index (χ1n) is 6.50. The topological polar surface area (TPSA) is 0 Å². The summed E-state index contributed by atoms with van der Waals surface area (Å²) in [7, 11) is 0. The molecule has 0 N–H and O–H groups in total. The smallest absolute Gasteiger partial charge is 0.0533 e. The Bertz CT molecular complexity index is 19.7. The fraction of sp³-hybridized carbons (Fsp3) is 1.00. The summed E-state index contributed by atoms with van der Waals surface area (Å²) in [6, 6.07) is 0. The first-order chi connectivity index (χ1) is 6.50. The molecule has 0 heteroatoms. The van der Waals surface area contributed by atoms with E-state index in [0.29, 0.717) is 0 Å². The lowest BCUT2D eigenvalue weighted by Gasteiger charge is -1.85. The molecule has 1 rings (SSSR count). The highest BCUT2D eigenvalue weighted by Crippen LogP contribution is 2.15. The van der Waals surface area contributed by atoms with Gasteiger partial charge in [-0.1, -0.05) is 86.5 Å². The summed E-state index contributed by atoms with van der Waals surface area (Å²) in [5, 5.41) is 0. The average molecular weight is 188 g/mol. The molecule has 0 heterocycles. The van der Waals surface area contributed by atoms with Crippen molar-refractivity contribution in [1.82, 2.24) is 0 Å². The molecule has 0 spiro atoms. The quantitative estimate of drug-likeness (QED) is 0.421. The first-order valence-corrected chi connectivity index (χ1v) is 6.50. The van der Waals surface area contributed by atoms with Crippen LogP contribution in [0.15, 0.2) is 0 Å². The molecule has 0 aromatic heterocycles. The zero-order chi connectivity index (χ0) is 10.9. The summed E-state index contributed by atoms with van der Waals surface area (Å²) >= 11 is 0. The Morgan fingerprint density at radius 3 is 0.462 bits per heavy atom. The molecular weight excluding hydrogens is 156 g/mol. The summed E-state index contributed by atoms with van der Waals surface area (Å²) in [4.78, 5) is 0. The molecule has 1 aliphatic rings. The van der Waals surface area contributed by atoms with Crippen molar-refractivity contribution in [3.05, 3.63) is 0 Å². The molecule has 0 atom stereocenters. The van der Waals surface area contributed by atoms with Crippen molar-refractivity contribution >= 4 is 0 Å². The van der Waals surface area contributed by atoms with Crippen LogP contribution in [0.1, 0.15) is 86.5 Å². The molecule has 0 saturated heterocycles. The molecule has 1 fully saturated rings.